The summed E-state index contributed by atoms with van der Waals surface area (Å²) in [5.74, 6) is 0.250. The molecule has 0 unspecified atom stereocenters. The maximum Gasteiger partial charge on any atom is 0.124 e. The highest BCUT2D eigenvalue weighted by Crippen LogP contribution is 2.32. The van der Waals surface area contributed by atoms with Crippen molar-refractivity contribution in [2.24, 2.45) is 0 Å². The summed E-state index contributed by atoms with van der Waals surface area (Å²) < 4.78 is 1.09. The van der Waals surface area contributed by atoms with E-state index in [0.717, 1.165) is 20.8 Å². The lowest BCUT2D eigenvalue weighted by atomic mass is 10.2. The summed E-state index contributed by atoms with van der Waals surface area (Å²) in [6.45, 7) is 0. The molecule has 0 aliphatic heterocycles. The second-order valence-electron chi connectivity index (χ2n) is 3.68. The fraction of sp³-hybridized carbons (Fsp3) is 0. The van der Waals surface area contributed by atoms with Crippen LogP contribution in [0.4, 0.5) is 0 Å². The van der Waals surface area contributed by atoms with Crippen molar-refractivity contribution in [3.05, 3.63) is 47.5 Å². The van der Waals surface area contributed by atoms with Gasteiger partial charge in [-0.1, -0.05) is 23.7 Å². The van der Waals surface area contributed by atoms with E-state index in [1.54, 1.807) is 23.5 Å². The van der Waals surface area contributed by atoms with Crippen LogP contribution in [0.2, 0.25) is 5.02 Å². The molecule has 3 aromatic rings. The summed E-state index contributed by atoms with van der Waals surface area (Å²) in [5, 5.41) is 11.0. The molecule has 2 nitrogen and oxygen atoms in total. The molecular weight excluding hydrogens is 254 g/mol. The fourth-order valence-electron chi connectivity index (χ4n) is 1.66. The highest BCUT2D eigenvalue weighted by Gasteiger charge is 2.06. The maximum atomic E-state index is 9.45. The van der Waals surface area contributed by atoms with E-state index in [-0.39, 0.29) is 5.75 Å². The average Bonchev–Trinajstić information content (AvgIpc) is 2.72. The van der Waals surface area contributed by atoms with Gasteiger partial charge >= 0.3 is 0 Å². The Morgan fingerprint density at radius 1 is 1.12 bits per heavy atom. The number of halogens is 1. The first-order valence-electron chi connectivity index (χ1n) is 5.08. The Bertz CT molecular complexity index is 693. The van der Waals surface area contributed by atoms with Gasteiger partial charge in [0.05, 0.1) is 10.2 Å². The van der Waals surface area contributed by atoms with Gasteiger partial charge in [0.2, 0.25) is 0 Å². The number of aromatic hydroxyl groups is 1. The predicted molar refractivity (Wildman–Crippen MR) is 71.7 cm³/mol. The Morgan fingerprint density at radius 3 is 2.82 bits per heavy atom. The molecule has 3 rings (SSSR count). The van der Waals surface area contributed by atoms with Crippen LogP contribution in [0.3, 0.4) is 0 Å². The van der Waals surface area contributed by atoms with Crippen LogP contribution in [0.25, 0.3) is 20.8 Å². The van der Waals surface area contributed by atoms with Crippen LogP contribution in [0.1, 0.15) is 0 Å². The minimum Gasteiger partial charge on any atom is -0.508 e. The lowest BCUT2D eigenvalue weighted by molar-refractivity contribution is 0.475. The molecule has 0 spiro atoms. The molecule has 17 heavy (non-hydrogen) atoms. The molecule has 2 aromatic carbocycles. The van der Waals surface area contributed by atoms with Crippen LogP contribution in [0.5, 0.6) is 5.75 Å². The molecule has 0 radical (unpaired) electrons. The lowest BCUT2D eigenvalue weighted by Crippen LogP contribution is -1.75. The maximum absolute atomic E-state index is 9.45. The number of hydrogen-bond donors (Lipinski definition) is 1. The van der Waals surface area contributed by atoms with E-state index in [1.165, 1.54) is 0 Å². The largest absolute Gasteiger partial charge is 0.508 e. The van der Waals surface area contributed by atoms with E-state index in [4.69, 9.17) is 11.6 Å². The van der Waals surface area contributed by atoms with Crippen LogP contribution in [0, 0.1) is 0 Å². The fourth-order valence-corrected chi connectivity index (χ4v) is 2.77. The van der Waals surface area contributed by atoms with Crippen molar-refractivity contribution in [2.75, 3.05) is 0 Å². The molecule has 0 saturated carbocycles. The summed E-state index contributed by atoms with van der Waals surface area (Å²) in [6.07, 6.45) is 0. The van der Waals surface area contributed by atoms with Crippen LogP contribution >= 0.6 is 22.9 Å². The van der Waals surface area contributed by atoms with Gasteiger partial charge < -0.3 is 5.11 Å². The van der Waals surface area contributed by atoms with E-state index in [2.05, 4.69) is 4.98 Å². The monoisotopic (exact) mass is 261 g/mol. The number of rotatable bonds is 1. The quantitative estimate of drug-likeness (QED) is 0.708. The number of nitrogens with zero attached hydrogens (tertiary/aromatic N) is 1. The van der Waals surface area contributed by atoms with Crippen LogP contribution in [-0.2, 0) is 0 Å². The number of phenolic OH excluding ortho intramolecular Hbond substituents is 1. The number of benzene rings is 2. The van der Waals surface area contributed by atoms with Gasteiger partial charge in [0.1, 0.15) is 10.8 Å². The number of hydrogen-bond acceptors (Lipinski definition) is 3. The van der Waals surface area contributed by atoms with Crippen molar-refractivity contribution in [3.63, 3.8) is 0 Å². The summed E-state index contributed by atoms with van der Waals surface area (Å²) >= 11 is 7.51. The minimum atomic E-state index is 0.250. The molecule has 0 bridgehead atoms. The number of thiazole rings is 1. The molecule has 4 heteroatoms. The highest BCUT2D eigenvalue weighted by molar-refractivity contribution is 7.21. The smallest absolute Gasteiger partial charge is 0.124 e. The lowest BCUT2D eigenvalue weighted by Gasteiger charge is -1.95. The van der Waals surface area contributed by atoms with Gasteiger partial charge in [0.15, 0.2) is 0 Å². The molecule has 0 fully saturated rings. The first-order valence-corrected chi connectivity index (χ1v) is 6.27. The van der Waals surface area contributed by atoms with Crippen molar-refractivity contribution in [2.45, 2.75) is 0 Å². The standard InChI is InChI=1S/C13H8ClNOS/c14-9-4-5-12-11(7-9)15-13(17-12)8-2-1-3-10(16)6-8/h1-7,16H. The zero-order valence-corrected chi connectivity index (χ0v) is 10.3. The first-order chi connectivity index (χ1) is 8.22. The van der Waals surface area contributed by atoms with Gasteiger partial charge in [-0.05, 0) is 30.3 Å². The van der Waals surface area contributed by atoms with E-state index >= 15 is 0 Å². The first kappa shape index (κ1) is 10.6. The Hall–Kier alpha value is -1.58. The molecule has 0 saturated heterocycles. The Balaban J connectivity index is 2.18. The normalized spacial score (nSPS) is 10.9. The van der Waals surface area contributed by atoms with Crippen LogP contribution in [0.15, 0.2) is 42.5 Å². The van der Waals surface area contributed by atoms with Crippen LogP contribution in [-0.4, -0.2) is 10.1 Å². The third-order valence-corrected chi connectivity index (χ3v) is 3.76. The third-order valence-electron chi connectivity index (χ3n) is 2.44. The summed E-state index contributed by atoms with van der Waals surface area (Å²) in [5.41, 5.74) is 1.81. The topological polar surface area (TPSA) is 33.1 Å². The molecule has 0 aliphatic carbocycles. The van der Waals surface area contributed by atoms with Gasteiger partial charge in [0.25, 0.3) is 0 Å². The number of aromatic nitrogens is 1. The molecule has 1 aromatic heterocycles. The minimum absolute atomic E-state index is 0.250. The van der Waals surface area contributed by atoms with Crippen molar-refractivity contribution in [1.29, 1.82) is 0 Å². The zero-order chi connectivity index (χ0) is 11.8. The Kier molecular flexibility index (Phi) is 2.50. The molecule has 0 amide bonds. The Morgan fingerprint density at radius 2 is 2.00 bits per heavy atom. The van der Waals surface area contributed by atoms with E-state index in [0.29, 0.717) is 5.02 Å². The van der Waals surface area contributed by atoms with E-state index in [1.807, 2.05) is 30.3 Å². The van der Waals surface area contributed by atoms with Crippen LogP contribution < -0.4 is 0 Å². The van der Waals surface area contributed by atoms with Gasteiger partial charge in [0, 0.05) is 10.6 Å². The van der Waals surface area contributed by atoms with Gasteiger partial charge in [-0.3, -0.25) is 0 Å². The van der Waals surface area contributed by atoms with E-state index < -0.39 is 0 Å². The second kappa shape index (κ2) is 4.02. The molecule has 84 valence electrons. The van der Waals surface area contributed by atoms with Crippen molar-refractivity contribution in [3.8, 4) is 16.3 Å². The number of fused-ring (bicyclic) bond motifs is 1. The molecule has 1 N–H and O–H groups in total. The van der Waals surface area contributed by atoms with Gasteiger partial charge in [-0.25, -0.2) is 4.98 Å². The molecule has 1 heterocycles. The summed E-state index contributed by atoms with van der Waals surface area (Å²) in [4.78, 5) is 4.51. The Labute approximate surface area is 107 Å². The van der Waals surface area contributed by atoms with E-state index in [9.17, 15) is 5.11 Å². The average molecular weight is 262 g/mol. The zero-order valence-electron chi connectivity index (χ0n) is 8.72. The summed E-state index contributed by atoms with van der Waals surface area (Å²) in [7, 11) is 0. The van der Waals surface area contributed by atoms with Crippen molar-refractivity contribution < 1.29 is 5.11 Å². The molecule has 0 atom stereocenters. The second-order valence-corrected chi connectivity index (χ2v) is 5.15. The summed E-state index contributed by atoms with van der Waals surface area (Å²) in [6, 6.07) is 12.8. The molecule has 0 aliphatic rings. The number of phenols is 1. The van der Waals surface area contributed by atoms with Crippen molar-refractivity contribution >= 4 is 33.2 Å². The third kappa shape index (κ3) is 1.99. The SMILES string of the molecule is Oc1cccc(-c2nc3cc(Cl)ccc3s2)c1. The van der Waals surface area contributed by atoms with Crippen molar-refractivity contribution in [1.82, 2.24) is 4.98 Å². The van der Waals surface area contributed by atoms with Gasteiger partial charge in [-0.15, -0.1) is 11.3 Å². The highest BCUT2D eigenvalue weighted by atomic mass is 35.5. The predicted octanol–water partition coefficient (Wildman–Crippen LogP) is 4.32. The molecular formula is C13H8ClNOS. The van der Waals surface area contributed by atoms with Gasteiger partial charge in [-0.2, -0.15) is 0 Å².